The molecule has 5 aliphatic rings. The van der Waals surface area contributed by atoms with Gasteiger partial charge in [-0.2, -0.15) is 35.2 Å². The molecular weight excluding hydrogens is 1380 g/mol. The van der Waals surface area contributed by atoms with E-state index in [4.69, 9.17) is 54.0 Å². The van der Waals surface area contributed by atoms with Gasteiger partial charge in [-0.3, -0.25) is 14.4 Å². The zero-order valence-electron chi connectivity index (χ0n) is 57.4. The summed E-state index contributed by atoms with van der Waals surface area (Å²) < 4.78 is 59.8. The summed E-state index contributed by atoms with van der Waals surface area (Å²) in [6.45, 7) is 24.9. The van der Waals surface area contributed by atoms with Crippen LogP contribution in [-0.2, 0) is 40.3 Å². The van der Waals surface area contributed by atoms with Crippen LogP contribution in [0.25, 0.3) is 48.4 Å². The molecule has 3 fully saturated rings. The molecule has 3 aromatic heterocycles. The van der Waals surface area contributed by atoms with Crippen molar-refractivity contribution in [1.29, 1.82) is 5.26 Å². The number of anilines is 5. The number of aromatic hydroxyl groups is 1. The summed E-state index contributed by atoms with van der Waals surface area (Å²) >= 11 is 13.0. The van der Waals surface area contributed by atoms with Crippen molar-refractivity contribution in [2.75, 3.05) is 131 Å². The number of fused-ring (bicyclic) bond motifs is 5. The molecule has 0 saturated carbocycles. The standard InChI is InChI=1S/C27H26ClFN6O2.C27H28N6O2.C22H19ClF2N4O3/c1-17(29)26(36)35-13-12-34(15-19(35)14-30-2)25-20-10-11-33(16-22(20)31-27(32-25)37-3)23-9-5-7-18-6-4-8-21(28)24(18)23;1-3-25(34)33-16-15-32(17-20(33)11-13-28)26-22-12-14-31(18-23(22)29-27(30-26)35-2)24-10-6-8-19-7-4-5-9-21(19)24;1-3-16(31)28-7-9-29(10-8-28)21-12-11-13(23)17(18-14(24)5-4-6-15(18)30)19(25)20(12)26-22(27-21)32-2/h4-9,19H,1,10-16H2,3H3;3-10,20H,1,11-12,14-18H2,2H3;3-6,11,30H,1,7-10H2,2H3/t19-;20-;/m00./s1. The monoisotopic (exact) mass is 1450 g/mol. The number of piperazine rings is 3. The molecule has 0 bridgehead atoms. The largest absolute Gasteiger partial charge is 0.507 e. The second-order valence-electron chi connectivity index (χ2n) is 25.0. The number of hydrogen-bond acceptors (Lipinski definition) is 19. The summed E-state index contributed by atoms with van der Waals surface area (Å²) in [5.41, 5.74) is 5.39. The third-order valence-corrected chi connectivity index (χ3v) is 19.8. The summed E-state index contributed by atoms with van der Waals surface area (Å²) in [7, 11) is 4.46. The third kappa shape index (κ3) is 14.8. The lowest BCUT2D eigenvalue weighted by atomic mass is 10.0. The highest BCUT2D eigenvalue weighted by molar-refractivity contribution is 6.36. The SMILES string of the molecule is C=CC(=O)N1CCN(c2nc(OC)nc3c(F)c(-c4c(O)cccc4F)c(Cl)cc23)CC1.C=CC(=O)N1CCN(c2nc(OC)nc3c2CCN(c2cccc4ccccc24)C3)C[C@@H]1CC#N.[C-]#[N+]C[C@H]1CN(c2nc(OC)nc3c2CCN(c2cccc4cccc(Cl)c24)C3)CCN1C(=O)C(=C)F. The van der Waals surface area contributed by atoms with Gasteiger partial charge in [0.25, 0.3) is 5.91 Å². The number of rotatable bonds is 14. The Labute approximate surface area is 608 Å². The summed E-state index contributed by atoms with van der Waals surface area (Å²) in [6.07, 6.45) is 4.33. The minimum atomic E-state index is -1.02. The van der Waals surface area contributed by atoms with Gasteiger partial charge in [-0.25, -0.2) is 19.7 Å². The number of aromatic nitrogens is 6. The Bertz CT molecular complexity index is 4910. The molecular formula is C76H73Cl2F3N16O7. The van der Waals surface area contributed by atoms with Crippen LogP contribution < -0.4 is 38.7 Å². The highest BCUT2D eigenvalue weighted by atomic mass is 35.5. The third-order valence-electron chi connectivity index (χ3n) is 19.2. The predicted octanol–water partition coefficient (Wildman–Crippen LogP) is 11.4. The van der Waals surface area contributed by atoms with Crippen molar-refractivity contribution in [3.8, 4) is 41.0 Å². The Morgan fingerprint density at radius 2 is 1.17 bits per heavy atom. The van der Waals surface area contributed by atoms with Gasteiger partial charge in [0.1, 0.15) is 40.6 Å². The molecule has 9 aromatic rings. The molecule has 0 unspecified atom stereocenters. The number of nitriles is 1. The van der Waals surface area contributed by atoms with Crippen LogP contribution in [0.4, 0.5) is 42.0 Å². The van der Waals surface area contributed by atoms with Crippen LogP contribution in [0, 0.1) is 29.5 Å². The average molecular weight is 1450 g/mol. The van der Waals surface area contributed by atoms with Gasteiger partial charge < -0.3 is 63.4 Å². The summed E-state index contributed by atoms with van der Waals surface area (Å²) in [6, 6.07) is 34.0. The van der Waals surface area contributed by atoms with E-state index in [1.807, 2.05) is 40.1 Å². The first-order valence-corrected chi connectivity index (χ1v) is 34.3. The van der Waals surface area contributed by atoms with Crippen LogP contribution in [0.15, 0.2) is 141 Å². The number of ether oxygens (including phenoxy) is 3. The first kappa shape index (κ1) is 72.3. The van der Waals surface area contributed by atoms with Gasteiger partial charge in [0.05, 0.1) is 79.9 Å². The van der Waals surface area contributed by atoms with Crippen molar-refractivity contribution >= 4 is 102 Å². The molecule has 3 amide bonds. The molecule has 5 aliphatic heterocycles. The number of nitrogens with zero attached hydrogens (tertiary/aromatic N) is 16. The lowest BCUT2D eigenvalue weighted by Gasteiger charge is -2.42. The van der Waals surface area contributed by atoms with E-state index in [9.17, 15) is 33.5 Å². The number of amides is 3. The smallest absolute Gasteiger partial charge is 0.318 e. The van der Waals surface area contributed by atoms with Crippen LogP contribution in [0.1, 0.15) is 28.9 Å². The van der Waals surface area contributed by atoms with Crippen LogP contribution in [0.5, 0.6) is 23.8 Å². The number of carbonyl (C=O) groups excluding carboxylic acids is 3. The van der Waals surface area contributed by atoms with Gasteiger partial charge in [0.2, 0.25) is 18.4 Å². The number of methoxy groups -OCH3 is 3. The molecule has 23 nitrogen and oxygen atoms in total. The summed E-state index contributed by atoms with van der Waals surface area (Å²) in [4.78, 5) is 82.8. The van der Waals surface area contributed by atoms with Crippen molar-refractivity contribution in [1.82, 2.24) is 44.6 Å². The van der Waals surface area contributed by atoms with Crippen LogP contribution in [0.2, 0.25) is 10.0 Å². The lowest BCUT2D eigenvalue weighted by molar-refractivity contribution is -0.131. The van der Waals surface area contributed by atoms with Crippen molar-refractivity contribution < 1.29 is 46.9 Å². The number of hydrogen-bond donors (Lipinski definition) is 1. The number of phenols is 1. The number of carbonyl (C=O) groups is 3. The Balaban J connectivity index is 0.000000147. The molecule has 534 valence electrons. The Morgan fingerprint density at radius 3 is 1.78 bits per heavy atom. The lowest BCUT2D eigenvalue weighted by Crippen LogP contribution is -2.57. The van der Waals surface area contributed by atoms with E-state index in [1.54, 1.807) is 16.9 Å². The van der Waals surface area contributed by atoms with Gasteiger partial charge >= 0.3 is 18.0 Å². The van der Waals surface area contributed by atoms with Gasteiger partial charge in [-0.15, -0.1) is 0 Å². The Morgan fingerprint density at radius 1 is 0.625 bits per heavy atom. The fraction of sp³-hybridized carbons (Fsp3) is 0.303. The van der Waals surface area contributed by atoms with Gasteiger partial charge in [-0.1, -0.05) is 110 Å². The molecule has 14 rings (SSSR count). The van der Waals surface area contributed by atoms with E-state index in [1.165, 1.54) is 65.9 Å². The number of benzene rings is 6. The maximum absolute atomic E-state index is 15.7. The first-order valence-electron chi connectivity index (χ1n) is 33.6. The van der Waals surface area contributed by atoms with Crippen molar-refractivity contribution in [3.63, 3.8) is 0 Å². The van der Waals surface area contributed by atoms with Gasteiger partial charge in [-0.05, 0) is 72.2 Å². The van der Waals surface area contributed by atoms with Crippen molar-refractivity contribution in [2.24, 2.45) is 0 Å². The maximum Gasteiger partial charge on any atom is 0.318 e. The Kier molecular flexibility index (Phi) is 22.1. The highest BCUT2D eigenvalue weighted by Gasteiger charge is 2.38. The summed E-state index contributed by atoms with van der Waals surface area (Å²) in [5, 5.41) is 24.9. The fourth-order valence-electron chi connectivity index (χ4n) is 14.1. The summed E-state index contributed by atoms with van der Waals surface area (Å²) in [5.74, 6) is -2.31. The molecule has 0 aliphatic carbocycles. The molecule has 2 atom stereocenters. The van der Waals surface area contributed by atoms with Gasteiger partial charge in [0, 0.05) is 123 Å². The number of phenolic OH excluding ortho intramolecular Hbond substituents is 1. The molecule has 104 heavy (non-hydrogen) atoms. The molecule has 0 radical (unpaired) electrons. The first-order chi connectivity index (χ1) is 50.4. The highest BCUT2D eigenvalue weighted by Crippen LogP contribution is 2.44. The zero-order chi connectivity index (χ0) is 73.5. The van der Waals surface area contributed by atoms with Crippen LogP contribution in [-0.4, -0.2) is 186 Å². The molecule has 8 heterocycles. The predicted molar refractivity (Wildman–Crippen MR) is 394 cm³/mol. The zero-order valence-corrected chi connectivity index (χ0v) is 58.9. The quantitative estimate of drug-likeness (QED) is 0.0788. The molecule has 0 spiro atoms. The maximum atomic E-state index is 15.7. The Hall–Kier alpha value is -11.5. The molecule has 28 heteroatoms. The van der Waals surface area contributed by atoms with Crippen molar-refractivity contribution in [3.05, 3.63) is 196 Å². The normalized spacial score (nSPS) is 16.4. The van der Waals surface area contributed by atoms with E-state index < -0.39 is 35.2 Å². The topological polar surface area (TPSA) is 231 Å². The second-order valence-corrected chi connectivity index (χ2v) is 25.9. The van der Waals surface area contributed by atoms with E-state index >= 15 is 4.39 Å². The van der Waals surface area contributed by atoms with Crippen LogP contribution >= 0.6 is 23.2 Å². The minimum absolute atomic E-state index is 0.0650. The average Bonchev–Trinajstić information content (AvgIpc) is 0.765. The fourth-order valence-corrected chi connectivity index (χ4v) is 14.7. The van der Waals surface area contributed by atoms with E-state index in [0.717, 1.165) is 76.2 Å². The van der Waals surface area contributed by atoms with Crippen LogP contribution in [0.3, 0.4) is 0 Å². The van der Waals surface area contributed by atoms with E-state index in [-0.39, 0.29) is 71.1 Å². The van der Waals surface area contributed by atoms with E-state index in [2.05, 4.69) is 114 Å². The van der Waals surface area contributed by atoms with Crippen molar-refractivity contribution in [2.45, 2.75) is 44.4 Å². The minimum Gasteiger partial charge on any atom is -0.507 e. The van der Waals surface area contributed by atoms with Gasteiger partial charge in [0.15, 0.2) is 11.6 Å². The molecule has 3 saturated heterocycles. The molecule has 6 aromatic carbocycles. The number of halogens is 5. The second kappa shape index (κ2) is 31.8. The van der Waals surface area contributed by atoms with E-state index in [0.29, 0.717) is 101 Å². The molecule has 1 N–H and O–H groups in total.